The molecule has 1 heterocycles. The number of benzene rings is 3. The molecular formula is C26H22N4O3. The lowest BCUT2D eigenvalue weighted by Gasteiger charge is -2.08. The van der Waals surface area contributed by atoms with Crippen LogP contribution in [0, 0.1) is 0 Å². The minimum absolute atomic E-state index is 0.165. The molecule has 0 fully saturated rings. The number of carbonyl (C=O) groups excluding carboxylic acids is 3. The molecule has 0 aliphatic rings. The number of ketones is 1. The van der Waals surface area contributed by atoms with Crippen LogP contribution < -0.4 is 10.6 Å². The number of nitrogens with zero attached hydrogens (tertiary/aromatic N) is 2. The number of aryl methyl sites for hydroxylation is 1. The summed E-state index contributed by atoms with van der Waals surface area (Å²) in [6.45, 7) is 1.43. The fourth-order valence-corrected chi connectivity index (χ4v) is 3.41. The van der Waals surface area contributed by atoms with Crippen molar-refractivity contribution in [2.24, 2.45) is 7.05 Å². The first kappa shape index (κ1) is 21.7. The molecule has 7 nitrogen and oxygen atoms in total. The van der Waals surface area contributed by atoms with Crippen LogP contribution in [0.2, 0.25) is 0 Å². The average Bonchev–Trinajstić information content (AvgIpc) is 3.20. The van der Waals surface area contributed by atoms with Crippen molar-refractivity contribution in [2.45, 2.75) is 6.92 Å². The first-order valence-electron chi connectivity index (χ1n) is 10.3. The summed E-state index contributed by atoms with van der Waals surface area (Å²) in [5.74, 6) is -0.162. The van der Waals surface area contributed by atoms with Crippen molar-refractivity contribution in [3.63, 3.8) is 0 Å². The molecule has 0 spiro atoms. The Morgan fingerprint density at radius 3 is 2.06 bits per heavy atom. The van der Waals surface area contributed by atoms with Crippen LogP contribution in [0.5, 0.6) is 0 Å². The molecule has 0 bridgehead atoms. The molecule has 0 aliphatic carbocycles. The third-order valence-electron chi connectivity index (χ3n) is 5.15. The van der Waals surface area contributed by atoms with Crippen LogP contribution in [0.15, 0.2) is 84.9 Å². The van der Waals surface area contributed by atoms with Gasteiger partial charge >= 0.3 is 0 Å². The summed E-state index contributed by atoms with van der Waals surface area (Å²) >= 11 is 0. The van der Waals surface area contributed by atoms with E-state index in [1.165, 1.54) is 6.92 Å². The topological polar surface area (TPSA) is 93.1 Å². The van der Waals surface area contributed by atoms with Crippen LogP contribution in [-0.4, -0.2) is 27.4 Å². The van der Waals surface area contributed by atoms with Gasteiger partial charge in [-0.25, -0.2) is 0 Å². The quantitative estimate of drug-likeness (QED) is 0.423. The Balaban J connectivity index is 1.48. The number of nitrogens with one attached hydrogen (secondary N) is 2. The van der Waals surface area contributed by atoms with Gasteiger partial charge in [0.2, 0.25) is 0 Å². The minimum Gasteiger partial charge on any atom is -0.322 e. The second-order valence-corrected chi connectivity index (χ2v) is 7.49. The van der Waals surface area contributed by atoms with Crippen molar-refractivity contribution in [1.29, 1.82) is 0 Å². The number of aromatic nitrogens is 2. The Hall–Kier alpha value is -4.52. The fraction of sp³-hybridized carbons (Fsp3) is 0.0769. The second-order valence-electron chi connectivity index (χ2n) is 7.49. The molecule has 164 valence electrons. The highest BCUT2D eigenvalue weighted by Gasteiger charge is 2.15. The van der Waals surface area contributed by atoms with Crippen LogP contribution in [0.3, 0.4) is 0 Å². The molecule has 0 unspecified atom stereocenters. The monoisotopic (exact) mass is 438 g/mol. The van der Waals surface area contributed by atoms with Crippen LogP contribution >= 0.6 is 0 Å². The van der Waals surface area contributed by atoms with E-state index in [9.17, 15) is 14.4 Å². The van der Waals surface area contributed by atoms with E-state index >= 15 is 0 Å². The lowest BCUT2D eigenvalue weighted by molar-refractivity contribution is 0.0985. The third-order valence-corrected chi connectivity index (χ3v) is 5.15. The van der Waals surface area contributed by atoms with E-state index in [4.69, 9.17) is 0 Å². The van der Waals surface area contributed by atoms with E-state index in [0.717, 1.165) is 5.56 Å². The fourth-order valence-electron chi connectivity index (χ4n) is 3.41. The molecule has 0 saturated carbocycles. The maximum atomic E-state index is 12.6. The summed E-state index contributed by atoms with van der Waals surface area (Å²) in [5, 5.41) is 10.2. The zero-order valence-electron chi connectivity index (χ0n) is 18.2. The first-order chi connectivity index (χ1) is 15.9. The van der Waals surface area contributed by atoms with Gasteiger partial charge in [0.05, 0.1) is 11.3 Å². The summed E-state index contributed by atoms with van der Waals surface area (Å²) in [4.78, 5) is 36.9. The molecule has 2 amide bonds. The maximum absolute atomic E-state index is 12.6. The van der Waals surface area contributed by atoms with Crippen molar-refractivity contribution >= 4 is 29.1 Å². The van der Waals surface area contributed by atoms with E-state index < -0.39 is 0 Å². The van der Waals surface area contributed by atoms with Gasteiger partial charge in [-0.3, -0.25) is 19.1 Å². The SMILES string of the molecule is CC(=O)c1ccccc1C(=O)Nc1ccc(-c2cc(NC(=O)c3ccccc3)n(C)n2)cc1. The van der Waals surface area contributed by atoms with Crippen molar-refractivity contribution in [1.82, 2.24) is 9.78 Å². The molecule has 2 N–H and O–H groups in total. The molecular weight excluding hydrogens is 416 g/mol. The predicted octanol–water partition coefficient (Wildman–Crippen LogP) is 4.79. The Morgan fingerprint density at radius 1 is 0.758 bits per heavy atom. The highest BCUT2D eigenvalue weighted by Crippen LogP contribution is 2.24. The first-order valence-corrected chi connectivity index (χ1v) is 10.3. The molecule has 33 heavy (non-hydrogen) atoms. The molecule has 4 rings (SSSR count). The second kappa shape index (κ2) is 9.32. The number of Topliss-reactive ketones (excluding diaryl/α,β-unsaturated/α-hetero) is 1. The Morgan fingerprint density at radius 2 is 1.39 bits per heavy atom. The van der Waals surface area contributed by atoms with Crippen LogP contribution in [0.1, 0.15) is 38.0 Å². The molecule has 7 heteroatoms. The van der Waals surface area contributed by atoms with Gasteiger partial charge in [0.15, 0.2) is 5.78 Å². The standard InChI is InChI=1S/C26H22N4O3/c1-17(31)21-10-6-7-11-22(21)26(33)27-20-14-12-18(13-15-20)23-16-24(30(2)29-23)28-25(32)19-8-4-3-5-9-19/h3-16H,1-2H3,(H,27,33)(H,28,32). The van der Waals surface area contributed by atoms with Crippen LogP contribution in [0.25, 0.3) is 11.3 Å². The van der Waals surface area contributed by atoms with Crippen molar-refractivity contribution in [2.75, 3.05) is 10.6 Å². The zero-order valence-corrected chi connectivity index (χ0v) is 18.2. The van der Waals surface area contributed by atoms with E-state index in [2.05, 4.69) is 15.7 Å². The van der Waals surface area contributed by atoms with Gasteiger partial charge < -0.3 is 10.6 Å². The van der Waals surface area contributed by atoms with Crippen molar-refractivity contribution in [3.8, 4) is 11.3 Å². The average molecular weight is 438 g/mol. The van der Waals surface area contributed by atoms with Gasteiger partial charge in [0.25, 0.3) is 11.8 Å². The van der Waals surface area contributed by atoms with E-state index in [-0.39, 0.29) is 17.6 Å². The smallest absolute Gasteiger partial charge is 0.256 e. The Kier molecular flexibility index (Phi) is 6.13. The largest absolute Gasteiger partial charge is 0.322 e. The summed E-state index contributed by atoms with van der Waals surface area (Å²) < 4.78 is 1.60. The third kappa shape index (κ3) is 4.88. The van der Waals surface area contributed by atoms with Gasteiger partial charge in [-0.15, -0.1) is 0 Å². The highest BCUT2D eigenvalue weighted by molar-refractivity contribution is 6.12. The summed E-state index contributed by atoms with van der Waals surface area (Å²) in [6.07, 6.45) is 0. The number of hydrogen-bond donors (Lipinski definition) is 2. The van der Waals surface area contributed by atoms with Crippen molar-refractivity contribution < 1.29 is 14.4 Å². The lowest BCUT2D eigenvalue weighted by Crippen LogP contribution is -2.15. The van der Waals surface area contributed by atoms with Crippen LogP contribution in [0.4, 0.5) is 11.5 Å². The number of anilines is 2. The predicted molar refractivity (Wildman–Crippen MR) is 127 cm³/mol. The molecule has 0 radical (unpaired) electrons. The van der Waals surface area contributed by atoms with Gasteiger partial charge in [-0.1, -0.05) is 48.5 Å². The summed E-state index contributed by atoms with van der Waals surface area (Å²) in [6, 6.07) is 24.6. The Labute approximate surface area is 191 Å². The number of carbonyl (C=O) groups is 3. The van der Waals surface area contributed by atoms with Gasteiger partial charge in [0.1, 0.15) is 5.82 Å². The van der Waals surface area contributed by atoms with Gasteiger partial charge in [-0.2, -0.15) is 5.10 Å². The van der Waals surface area contributed by atoms with Gasteiger partial charge in [-0.05, 0) is 37.3 Å². The van der Waals surface area contributed by atoms with E-state index in [1.54, 1.807) is 66.3 Å². The molecule has 0 atom stereocenters. The molecule has 0 aliphatic heterocycles. The molecule has 1 aromatic heterocycles. The lowest BCUT2D eigenvalue weighted by atomic mass is 10.0. The number of hydrogen-bond acceptors (Lipinski definition) is 4. The maximum Gasteiger partial charge on any atom is 0.256 e. The Bertz CT molecular complexity index is 1330. The zero-order chi connectivity index (χ0) is 23.4. The molecule has 3 aromatic carbocycles. The minimum atomic E-state index is -0.350. The molecule has 0 saturated heterocycles. The van der Waals surface area contributed by atoms with E-state index in [1.807, 2.05) is 30.3 Å². The van der Waals surface area contributed by atoms with E-state index in [0.29, 0.717) is 33.9 Å². The van der Waals surface area contributed by atoms with Crippen LogP contribution in [-0.2, 0) is 7.05 Å². The molecule has 4 aromatic rings. The summed E-state index contributed by atoms with van der Waals surface area (Å²) in [7, 11) is 1.76. The van der Waals surface area contributed by atoms with Gasteiger partial charge in [0, 0.05) is 35.5 Å². The van der Waals surface area contributed by atoms with Crippen molar-refractivity contribution in [3.05, 3.63) is 102 Å². The number of amides is 2. The highest BCUT2D eigenvalue weighted by atomic mass is 16.2. The number of rotatable bonds is 6. The summed E-state index contributed by atoms with van der Waals surface area (Å²) in [5.41, 5.74) is 3.37. The normalized spacial score (nSPS) is 10.5.